The van der Waals surface area contributed by atoms with E-state index < -0.39 is 24.9 Å². The maximum absolute atomic E-state index is 12.8. The van der Waals surface area contributed by atoms with Gasteiger partial charge in [-0.15, -0.1) is 17.8 Å². The van der Waals surface area contributed by atoms with Crippen LogP contribution in [0, 0.1) is 11.9 Å². The molecular weight excluding hydrogens is 409 g/mol. The molecule has 0 aromatic heterocycles. The zero-order valence-corrected chi connectivity index (χ0v) is 16.6. The van der Waals surface area contributed by atoms with Gasteiger partial charge in [0.15, 0.2) is 5.84 Å². The van der Waals surface area contributed by atoms with E-state index in [4.69, 9.17) is 37.9 Å². The molecule has 0 unspecified atom stereocenters. The van der Waals surface area contributed by atoms with Crippen molar-refractivity contribution in [3.63, 3.8) is 0 Å². The number of halogens is 1. The Labute approximate surface area is 170 Å². The summed E-state index contributed by atoms with van der Waals surface area (Å²) in [5.41, 5.74) is 13.4. The van der Waals surface area contributed by atoms with Gasteiger partial charge >= 0.3 is 25.7 Å². The van der Waals surface area contributed by atoms with Gasteiger partial charge in [-0.05, 0) is 6.92 Å². The Kier molecular flexibility index (Phi) is 13.9. The minimum atomic E-state index is -2.00. The van der Waals surface area contributed by atoms with Crippen LogP contribution in [0.1, 0.15) is 12.5 Å². The number of benzene rings is 2. The Bertz CT molecular complexity index is 768. The van der Waals surface area contributed by atoms with Crippen molar-refractivity contribution in [2.75, 3.05) is 19.8 Å². The molecule has 0 saturated carbocycles. The predicted octanol–water partition coefficient (Wildman–Crippen LogP) is 2.62. The monoisotopic (exact) mass is 429 g/mol. The first-order valence-electron chi connectivity index (χ1n) is 7.79. The number of aliphatic hydroxyl groups excluding tert-OH is 1. The van der Waals surface area contributed by atoms with E-state index in [2.05, 4.69) is 11.2 Å². The number of hydrogen-bond acceptors (Lipinski definition) is 7. The normalized spacial score (nSPS) is 9.75. The van der Waals surface area contributed by atoms with Crippen molar-refractivity contribution < 1.29 is 49.9 Å². The third-order valence-electron chi connectivity index (χ3n) is 2.78. The number of aliphatic hydroxyl groups is 1. The summed E-state index contributed by atoms with van der Waals surface area (Å²) in [6.07, 6.45) is 0. The van der Waals surface area contributed by atoms with Crippen LogP contribution in [-0.4, -0.2) is 36.0 Å². The van der Waals surface area contributed by atoms with Crippen molar-refractivity contribution in [3.8, 4) is 11.5 Å². The molecule has 0 radical (unpaired) electrons. The Morgan fingerprint density at radius 2 is 1.89 bits per heavy atom. The van der Waals surface area contributed by atoms with Crippen molar-refractivity contribution in [2.45, 2.75) is 6.92 Å². The van der Waals surface area contributed by atoms with Gasteiger partial charge in [0.1, 0.15) is 6.61 Å². The fourth-order valence-corrected chi connectivity index (χ4v) is 1.67. The molecule has 0 heterocycles. The zero-order valence-electron chi connectivity index (χ0n) is 15.0. The van der Waals surface area contributed by atoms with Crippen LogP contribution in [0.2, 0.25) is 0 Å². The van der Waals surface area contributed by atoms with Crippen molar-refractivity contribution in [2.24, 2.45) is 10.9 Å². The molecule has 2 aromatic rings. The number of ether oxygens (including phenoxy) is 2. The molecule has 2 aromatic carbocycles. The average molecular weight is 429 g/mol. The molecule has 0 amide bonds. The number of amidine groups is 1. The second-order valence-corrected chi connectivity index (χ2v) is 4.92. The fraction of sp³-hybridized carbons (Fsp3) is 0.235. The van der Waals surface area contributed by atoms with Crippen LogP contribution in [0.25, 0.3) is 5.73 Å². The van der Waals surface area contributed by atoms with E-state index in [0.717, 1.165) is 0 Å². The number of nitrogens with two attached hydrogens (primary N) is 1. The summed E-state index contributed by atoms with van der Waals surface area (Å²) in [4.78, 5) is 0. The quantitative estimate of drug-likeness (QED) is 0.159. The Morgan fingerprint density at radius 1 is 1.29 bits per heavy atom. The van der Waals surface area contributed by atoms with Crippen LogP contribution in [0.5, 0.6) is 11.5 Å². The van der Waals surface area contributed by atoms with E-state index in [1.165, 1.54) is 12.1 Å². The molecule has 28 heavy (non-hydrogen) atoms. The van der Waals surface area contributed by atoms with Gasteiger partial charge < -0.3 is 31.3 Å². The summed E-state index contributed by atoms with van der Waals surface area (Å²) < 4.78 is 40.0. The number of nitrogens with zero attached hydrogens (tertiary/aromatic N) is 1. The van der Waals surface area contributed by atoms with E-state index in [1.807, 2.05) is 6.92 Å². The van der Waals surface area contributed by atoms with Crippen molar-refractivity contribution >= 4 is 11.5 Å². The Balaban J connectivity index is 0.000000466. The van der Waals surface area contributed by atoms with Gasteiger partial charge in [0.25, 0.3) is 0 Å². The van der Waals surface area contributed by atoms with E-state index in [-0.39, 0.29) is 24.8 Å². The van der Waals surface area contributed by atoms with Crippen molar-refractivity contribution in [1.82, 2.24) is 0 Å². The Morgan fingerprint density at radius 3 is 2.39 bits per heavy atom. The molecule has 0 aliphatic heterocycles. The van der Waals surface area contributed by atoms with Crippen LogP contribution in [0.3, 0.4) is 0 Å². The van der Waals surface area contributed by atoms with E-state index >= 15 is 0 Å². The molecule has 0 fully saturated rings. The fourth-order valence-electron chi connectivity index (χ4n) is 1.67. The van der Waals surface area contributed by atoms with Gasteiger partial charge in [-0.2, -0.15) is 0 Å². The molecule has 9 nitrogen and oxygen atoms in total. The van der Waals surface area contributed by atoms with Crippen molar-refractivity contribution in [3.05, 3.63) is 59.6 Å². The first-order valence-corrected chi connectivity index (χ1v) is 9.07. The van der Waals surface area contributed by atoms with Gasteiger partial charge in [0.05, 0.1) is 19.0 Å². The number of oxime groups is 1. The SMILES string of the molecule is CCOc1c[c-]c(F)cc1OCCO.[NH-]c1ccc(C(N)=NO)cc1.[O]=[Ti]=[O]. The number of rotatable bonds is 6. The zero-order chi connectivity index (χ0) is 21.4. The summed E-state index contributed by atoms with van der Waals surface area (Å²) in [5, 5.41) is 19.6. The molecule has 0 bridgehead atoms. The maximum atomic E-state index is 12.8. The minimum absolute atomic E-state index is 0.0602. The van der Waals surface area contributed by atoms with Gasteiger partial charge in [0.2, 0.25) is 0 Å². The third-order valence-corrected chi connectivity index (χ3v) is 2.78. The molecule has 0 aliphatic carbocycles. The van der Waals surface area contributed by atoms with Crippen LogP contribution in [0.15, 0.2) is 41.6 Å². The van der Waals surface area contributed by atoms with Crippen LogP contribution >= 0.6 is 0 Å². The summed E-state index contributed by atoms with van der Waals surface area (Å²) in [7, 11) is 0. The van der Waals surface area contributed by atoms with E-state index in [1.54, 1.807) is 24.3 Å². The molecule has 5 N–H and O–H groups in total. The summed E-state index contributed by atoms with van der Waals surface area (Å²) in [5.74, 6) is 0.269. The molecule has 0 saturated heterocycles. The summed E-state index contributed by atoms with van der Waals surface area (Å²) in [6.45, 7) is 2.28. The van der Waals surface area contributed by atoms with Crippen LogP contribution < -0.4 is 15.2 Å². The first-order chi connectivity index (χ1) is 13.4. The standard InChI is InChI=1S/C10H12FO3.C7H8N3O.2O.Ti/c1-2-13-9-4-3-8(11)7-10(9)14-6-5-12;8-6-3-1-5(2-4-6)7(9)10-11;;;/h4,7,12H,2,5-6H2,1H3;1-4,8,11H,(H2,9,10);;;/q2*-1;;;. The molecule has 2 rings (SSSR count). The summed E-state index contributed by atoms with van der Waals surface area (Å²) in [6, 6.07) is 11.3. The molecule has 0 aliphatic rings. The van der Waals surface area contributed by atoms with Gasteiger partial charge in [0, 0.05) is 17.1 Å². The number of hydrogen-bond donors (Lipinski definition) is 3. The van der Waals surface area contributed by atoms with Gasteiger partial charge in [-0.25, -0.2) is 4.39 Å². The molecule has 0 atom stereocenters. The molecule has 0 spiro atoms. The van der Waals surface area contributed by atoms with Crippen LogP contribution in [-0.2, 0) is 25.7 Å². The Hall–Kier alpha value is -2.69. The topological polar surface area (TPSA) is 155 Å². The molecule has 152 valence electrons. The third kappa shape index (κ3) is 10.5. The second-order valence-electron chi connectivity index (χ2n) is 4.66. The van der Waals surface area contributed by atoms with Gasteiger partial charge in [-0.1, -0.05) is 35.5 Å². The number of nitrogens with one attached hydrogen (secondary N) is 1. The first kappa shape index (κ1) is 25.3. The van der Waals surface area contributed by atoms with E-state index in [0.29, 0.717) is 23.6 Å². The second kappa shape index (κ2) is 15.4. The van der Waals surface area contributed by atoms with Gasteiger partial charge in [-0.3, -0.25) is 0 Å². The van der Waals surface area contributed by atoms with Crippen LogP contribution in [0.4, 0.5) is 10.1 Å². The molecule has 11 heteroatoms. The van der Waals surface area contributed by atoms with Crippen molar-refractivity contribution in [1.29, 1.82) is 0 Å². The predicted molar refractivity (Wildman–Crippen MR) is 93.3 cm³/mol. The summed E-state index contributed by atoms with van der Waals surface area (Å²) >= 11 is -2.00. The molecular formula is C17H20FN3O6Ti-2. The van der Waals surface area contributed by atoms with E-state index in [9.17, 15) is 4.39 Å². The average Bonchev–Trinajstić information content (AvgIpc) is 2.69.